The first-order chi connectivity index (χ1) is 8.11. The number of nitrogens with zero attached hydrogens (tertiary/aromatic N) is 1. The number of carbonyl (C=O) groups is 2. The highest BCUT2D eigenvalue weighted by Gasteiger charge is 2.17. The molecule has 98 valence electrons. The monoisotopic (exact) mass is 243 g/mol. The second kappa shape index (κ2) is 7.24. The maximum atomic E-state index is 11.7. The highest BCUT2D eigenvalue weighted by Crippen LogP contribution is 1.98. The summed E-state index contributed by atoms with van der Waals surface area (Å²) in [5, 5.41) is 14.7. The molecule has 1 saturated heterocycles. The van der Waals surface area contributed by atoms with E-state index in [9.17, 15) is 9.59 Å². The molecule has 17 heavy (non-hydrogen) atoms. The molecule has 1 unspecified atom stereocenters. The van der Waals surface area contributed by atoms with E-state index in [1.807, 2.05) is 6.92 Å². The second-order valence-corrected chi connectivity index (χ2v) is 4.30. The number of carboxylic acid groups (broad SMARTS) is 1. The Kier molecular flexibility index (Phi) is 5.93. The average Bonchev–Trinajstić information content (AvgIpc) is 2.28. The van der Waals surface area contributed by atoms with Gasteiger partial charge in [-0.1, -0.05) is 6.92 Å². The molecule has 1 amide bonds. The van der Waals surface area contributed by atoms with Gasteiger partial charge in [0.05, 0.1) is 13.0 Å². The lowest BCUT2D eigenvalue weighted by atomic mass is 10.1. The quantitative estimate of drug-likeness (QED) is 0.572. The molecule has 0 bridgehead atoms. The minimum absolute atomic E-state index is 0.0101. The molecule has 1 rings (SSSR count). The molecule has 6 heteroatoms. The summed E-state index contributed by atoms with van der Waals surface area (Å²) in [7, 11) is 0. The van der Waals surface area contributed by atoms with E-state index in [2.05, 4.69) is 15.5 Å². The van der Waals surface area contributed by atoms with Crippen LogP contribution >= 0.6 is 0 Å². The smallest absolute Gasteiger partial charge is 0.305 e. The van der Waals surface area contributed by atoms with E-state index in [-0.39, 0.29) is 18.4 Å². The van der Waals surface area contributed by atoms with Gasteiger partial charge in [0, 0.05) is 32.2 Å². The van der Waals surface area contributed by atoms with Crippen LogP contribution in [0.25, 0.3) is 0 Å². The Morgan fingerprint density at radius 3 is 2.59 bits per heavy atom. The molecule has 1 heterocycles. The van der Waals surface area contributed by atoms with Crippen molar-refractivity contribution in [2.24, 2.45) is 0 Å². The Morgan fingerprint density at radius 2 is 2.06 bits per heavy atom. The van der Waals surface area contributed by atoms with E-state index in [0.29, 0.717) is 13.0 Å². The first-order valence-corrected chi connectivity index (χ1v) is 6.06. The second-order valence-electron chi connectivity index (χ2n) is 4.30. The van der Waals surface area contributed by atoms with Gasteiger partial charge in [-0.3, -0.25) is 14.5 Å². The van der Waals surface area contributed by atoms with Crippen molar-refractivity contribution in [3.05, 3.63) is 0 Å². The average molecular weight is 243 g/mol. The molecule has 1 atom stereocenters. The normalized spacial score (nSPS) is 18.6. The number of aliphatic carboxylic acids is 1. The van der Waals surface area contributed by atoms with Crippen molar-refractivity contribution in [2.75, 3.05) is 32.7 Å². The number of hydrogen-bond donors (Lipinski definition) is 3. The Hall–Kier alpha value is -1.14. The summed E-state index contributed by atoms with van der Waals surface area (Å²) in [4.78, 5) is 24.3. The lowest BCUT2D eigenvalue weighted by molar-refractivity contribution is -0.137. The standard InChI is InChI=1S/C11H21N3O3/c1-2-9(7-11(16)17)13-10(15)8-14-5-3-12-4-6-14/h9,12H,2-8H2,1H3,(H,13,15)(H,16,17). The minimum Gasteiger partial charge on any atom is -0.481 e. The minimum atomic E-state index is -0.876. The molecular weight excluding hydrogens is 222 g/mol. The summed E-state index contributed by atoms with van der Waals surface area (Å²) in [5.74, 6) is -0.959. The van der Waals surface area contributed by atoms with Gasteiger partial charge in [0.25, 0.3) is 0 Å². The van der Waals surface area contributed by atoms with Crippen molar-refractivity contribution in [1.29, 1.82) is 0 Å². The van der Waals surface area contributed by atoms with Crippen molar-refractivity contribution in [2.45, 2.75) is 25.8 Å². The Morgan fingerprint density at radius 1 is 1.41 bits per heavy atom. The summed E-state index contributed by atoms with van der Waals surface area (Å²) in [6.45, 7) is 5.77. The first-order valence-electron chi connectivity index (χ1n) is 6.06. The van der Waals surface area contributed by atoms with Crippen LogP contribution in [-0.2, 0) is 9.59 Å². The SMILES string of the molecule is CCC(CC(=O)O)NC(=O)CN1CCNCC1. The predicted octanol–water partition coefficient (Wildman–Crippen LogP) is -0.739. The number of amides is 1. The van der Waals surface area contributed by atoms with Gasteiger partial charge in [0.2, 0.25) is 5.91 Å². The third-order valence-corrected chi connectivity index (χ3v) is 2.86. The molecule has 0 aromatic carbocycles. The van der Waals surface area contributed by atoms with E-state index in [0.717, 1.165) is 26.2 Å². The van der Waals surface area contributed by atoms with Crippen LogP contribution in [0.5, 0.6) is 0 Å². The van der Waals surface area contributed by atoms with Crippen LogP contribution in [0, 0.1) is 0 Å². The molecule has 6 nitrogen and oxygen atoms in total. The maximum absolute atomic E-state index is 11.7. The van der Waals surface area contributed by atoms with Gasteiger partial charge < -0.3 is 15.7 Å². The van der Waals surface area contributed by atoms with Crippen molar-refractivity contribution in [3.8, 4) is 0 Å². The third-order valence-electron chi connectivity index (χ3n) is 2.86. The summed E-state index contributed by atoms with van der Waals surface area (Å²) >= 11 is 0. The summed E-state index contributed by atoms with van der Waals surface area (Å²) < 4.78 is 0. The lowest BCUT2D eigenvalue weighted by Gasteiger charge is -2.27. The third kappa shape index (κ3) is 5.65. The van der Waals surface area contributed by atoms with Gasteiger partial charge in [0.1, 0.15) is 0 Å². The van der Waals surface area contributed by atoms with Crippen LogP contribution in [0.4, 0.5) is 0 Å². The number of hydrogen-bond acceptors (Lipinski definition) is 4. The summed E-state index contributed by atoms with van der Waals surface area (Å²) in [6.07, 6.45) is 0.628. The topological polar surface area (TPSA) is 81.7 Å². The first kappa shape index (κ1) is 13.9. The molecule has 0 aromatic rings. The molecule has 0 aromatic heterocycles. The fraction of sp³-hybridized carbons (Fsp3) is 0.818. The Labute approximate surface area is 101 Å². The Bertz CT molecular complexity index is 265. The fourth-order valence-corrected chi connectivity index (χ4v) is 1.85. The van der Waals surface area contributed by atoms with Crippen LogP contribution in [0.1, 0.15) is 19.8 Å². The zero-order chi connectivity index (χ0) is 12.7. The zero-order valence-corrected chi connectivity index (χ0v) is 10.2. The van der Waals surface area contributed by atoms with E-state index >= 15 is 0 Å². The number of carboxylic acids is 1. The van der Waals surface area contributed by atoms with Gasteiger partial charge in [-0.15, -0.1) is 0 Å². The summed E-state index contributed by atoms with van der Waals surface area (Å²) in [5.41, 5.74) is 0. The van der Waals surface area contributed by atoms with Crippen LogP contribution in [-0.4, -0.2) is 60.6 Å². The summed E-state index contributed by atoms with van der Waals surface area (Å²) in [6, 6.07) is -0.261. The molecule has 1 aliphatic rings. The van der Waals surface area contributed by atoms with Gasteiger partial charge in [-0.05, 0) is 6.42 Å². The molecule has 0 aliphatic carbocycles. The number of carbonyl (C=O) groups excluding carboxylic acids is 1. The van der Waals surface area contributed by atoms with Gasteiger partial charge >= 0.3 is 5.97 Å². The van der Waals surface area contributed by atoms with Crippen LogP contribution in [0.2, 0.25) is 0 Å². The van der Waals surface area contributed by atoms with Crippen LogP contribution in [0.3, 0.4) is 0 Å². The van der Waals surface area contributed by atoms with E-state index in [1.165, 1.54) is 0 Å². The molecule has 1 fully saturated rings. The van der Waals surface area contributed by atoms with Gasteiger partial charge in [-0.25, -0.2) is 0 Å². The number of nitrogens with one attached hydrogen (secondary N) is 2. The number of piperazine rings is 1. The predicted molar refractivity (Wildman–Crippen MR) is 63.8 cm³/mol. The van der Waals surface area contributed by atoms with E-state index in [4.69, 9.17) is 5.11 Å². The van der Waals surface area contributed by atoms with Gasteiger partial charge in [-0.2, -0.15) is 0 Å². The van der Waals surface area contributed by atoms with E-state index < -0.39 is 5.97 Å². The molecule has 0 spiro atoms. The van der Waals surface area contributed by atoms with Crippen LogP contribution in [0.15, 0.2) is 0 Å². The van der Waals surface area contributed by atoms with E-state index in [1.54, 1.807) is 0 Å². The van der Waals surface area contributed by atoms with Crippen molar-refractivity contribution in [3.63, 3.8) is 0 Å². The maximum Gasteiger partial charge on any atom is 0.305 e. The van der Waals surface area contributed by atoms with Crippen molar-refractivity contribution >= 4 is 11.9 Å². The largest absolute Gasteiger partial charge is 0.481 e. The lowest BCUT2D eigenvalue weighted by Crippen LogP contribution is -2.49. The molecular formula is C11H21N3O3. The highest BCUT2D eigenvalue weighted by atomic mass is 16.4. The molecule has 0 saturated carbocycles. The zero-order valence-electron chi connectivity index (χ0n) is 10.2. The fourth-order valence-electron chi connectivity index (χ4n) is 1.85. The van der Waals surface area contributed by atoms with Crippen molar-refractivity contribution < 1.29 is 14.7 Å². The molecule has 3 N–H and O–H groups in total. The molecule has 0 radical (unpaired) electrons. The van der Waals surface area contributed by atoms with Crippen LogP contribution < -0.4 is 10.6 Å². The highest BCUT2D eigenvalue weighted by molar-refractivity contribution is 5.79. The van der Waals surface area contributed by atoms with Crippen molar-refractivity contribution in [1.82, 2.24) is 15.5 Å². The van der Waals surface area contributed by atoms with Gasteiger partial charge in [0.15, 0.2) is 0 Å². The number of rotatable bonds is 6. The Balaban J connectivity index is 2.28. The molecule has 1 aliphatic heterocycles.